The Morgan fingerprint density at radius 3 is 2.75 bits per heavy atom. The zero-order valence-electron chi connectivity index (χ0n) is 13.0. The highest BCUT2D eigenvalue weighted by Crippen LogP contribution is 2.24. The van der Waals surface area contributed by atoms with Crippen LogP contribution in [-0.4, -0.2) is 49.8 Å². The number of hydrogen-bond donors (Lipinski definition) is 2. The number of thioether (sulfide) groups is 1. The first-order chi connectivity index (χ1) is 9.20. The molecule has 20 heavy (non-hydrogen) atoms. The quantitative estimate of drug-likeness (QED) is 0.277. The molecule has 0 aromatic carbocycles. The van der Waals surface area contributed by atoms with Gasteiger partial charge in [-0.05, 0) is 51.5 Å². The normalized spacial score (nSPS) is 22.4. The zero-order valence-corrected chi connectivity index (χ0v) is 16.2. The monoisotopic (exact) mass is 415 g/mol. The van der Waals surface area contributed by atoms with Crippen molar-refractivity contribution in [2.24, 2.45) is 4.99 Å². The van der Waals surface area contributed by atoms with Crippen LogP contribution in [0.2, 0.25) is 0 Å². The van der Waals surface area contributed by atoms with Gasteiger partial charge >= 0.3 is 0 Å². The SMILES string of the molecule is CCNC(=NCC1(C)CCCO1)NCCCCSC.I. The highest BCUT2D eigenvalue weighted by Gasteiger charge is 2.29. The molecular weight excluding hydrogens is 385 g/mol. The second-order valence-electron chi connectivity index (χ2n) is 5.22. The van der Waals surface area contributed by atoms with Crippen LogP contribution in [0.25, 0.3) is 0 Å². The topological polar surface area (TPSA) is 45.7 Å². The van der Waals surface area contributed by atoms with E-state index in [1.165, 1.54) is 18.6 Å². The molecule has 1 unspecified atom stereocenters. The van der Waals surface area contributed by atoms with Gasteiger partial charge in [0.2, 0.25) is 0 Å². The fourth-order valence-electron chi connectivity index (χ4n) is 2.13. The molecule has 0 radical (unpaired) electrons. The molecule has 1 aliphatic heterocycles. The first-order valence-corrected chi connectivity index (χ1v) is 8.74. The molecular formula is C14H30IN3OS. The molecule has 1 saturated heterocycles. The Balaban J connectivity index is 0.00000361. The molecule has 0 amide bonds. The van der Waals surface area contributed by atoms with E-state index in [9.17, 15) is 0 Å². The van der Waals surface area contributed by atoms with Crippen molar-refractivity contribution in [1.82, 2.24) is 10.6 Å². The van der Waals surface area contributed by atoms with Crippen LogP contribution in [-0.2, 0) is 4.74 Å². The Hall–Kier alpha value is 0.310. The zero-order chi connectivity index (χ0) is 14.0. The number of guanidine groups is 1. The van der Waals surface area contributed by atoms with Crippen LogP contribution >= 0.6 is 35.7 Å². The lowest BCUT2D eigenvalue weighted by atomic mass is 10.0. The number of halogens is 1. The van der Waals surface area contributed by atoms with Gasteiger partial charge in [-0.15, -0.1) is 24.0 Å². The van der Waals surface area contributed by atoms with Crippen LogP contribution in [0, 0.1) is 0 Å². The highest BCUT2D eigenvalue weighted by molar-refractivity contribution is 14.0. The average Bonchev–Trinajstić information content (AvgIpc) is 2.83. The predicted octanol–water partition coefficient (Wildman–Crippen LogP) is 2.87. The summed E-state index contributed by atoms with van der Waals surface area (Å²) in [7, 11) is 0. The summed E-state index contributed by atoms with van der Waals surface area (Å²) in [5, 5.41) is 6.69. The maximum Gasteiger partial charge on any atom is 0.191 e. The number of nitrogens with one attached hydrogen (secondary N) is 2. The van der Waals surface area contributed by atoms with Gasteiger partial charge < -0.3 is 15.4 Å². The van der Waals surface area contributed by atoms with E-state index in [-0.39, 0.29) is 29.6 Å². The lowest BCUT2D eigenvalue weighted by Crippen LogP contribution is -2.39. The van der Waals surface area contributed by atoms with Crippen molar-refractivity contribution in [3.05, 3.63) is 0 Å². The lowest BCUT2D eigenvalue weighted by molar-refractivity contribution is 0.0283. The van der Waals surface area contributed by atoms with Crippen molar-refractivity contribution in [2.75, 3.05) is 38.2 Å². The van der Waals surface area contributed by atoms with Gasteiger partial charge in [0.25, 0.3) is 0 Å². The van der Waals surface area contributed by atoms with Crippen LogP contribution in [0.5, 0.6) is 0 Å². The fraction of sp³-hybridized carbons (Fsp3) is 0.929. The Bertz CT molecular complexity index is 271. The molecule has 0 aromatic rings. The highest BCUT2D eigenvalue weighted by atomic mass is 127. The molecule has 0 spiro atoms. The van der Waals surface area contributed by atoms with Gasteiger partial charge in [0, 0.05) is 19.7 Å². The summed E-state index contributed by atoms with van der Waals surface area (Å²) in [5.74, 6) is 2.16. The molecule has 2 N–H and O–H groups in total. The van der Waals surface area contributed by atoms with Gasteiger partial charge in [-0.1, -0.05) is 0 Å². The van der Waals surface area contributed by atoms with E-state index in [2.05, 4.69) is 35.7 Å². The van der Waals surface area contributed by atoms with Crippen LogP contribution in [0.4, 0.5) is 0 Å². The maximum absolute atomic E-state index is 5.76. The van der Waals surface area contributed by atoms with E-state index < -0.39 is 0 Å². The minimum absolute atomic E-state index is 0. The lowest BCUT2D eigenvalue weighted by Gasteiger charge is -2.21. The number of nitrogens with zero attached hydrogens (tertiary/aromatic N) is 1. The van der Waals surface area contributed by atoms with Gasteiger partial charge in [-0.25, -0.2) is 0 Å². The van der Waals surface area contributed by atoms with Gasteiger partial charge in [-0.2, -0.15) is 11.8 Å². The smallest absolute Gasteiger partial charge is 0.191 e. The summed E-state index contributed by atoms with van der Waals surface area (Å²) < 4.78 is 5.76. The van der Waals surface area contributed by atoms with E-state index in [0.29, 0.717) is 0 Å². The van der Waals surface area contributed by atoms with Crippen molar-refractivity contribution >= 4 is 41.7 Å². The second-order valence-corrected chi connectivity index (χ2v) is 6.21. The maximum atomic E-state index is 5.76. The van der Waals surface area contributed by atoms with Crippen LogP contribution < -0.4 is 10.6 Å². The summed E-state index contributed by atoms with van der Waals surface area (Å²) in [6.07, 6.45) is 6.88. The third-order valence-corrected chi connectivity index (χ3v) is 3.98. The molecule has 1 atom stereocenters. The van der Waals surface area contributed by atoms with Gasteiger partial charge in [0.15, 0.2) is 5.96 Å². The Morgan fingerprint density at radius 2 is 2.15 bits per heavy atom. The van der Waals surface area contributed by atoms with E-state index in [0.717, 1.165) is 45.0 Å². The number of unbranched alkanes of at least 4 members (excludes halogenated alkanes) is 1. The summed E-state index contributed by atoms with van der Waals surface area (Å²) >= 11 is 1.91. The first kappa shape index (κ1) is 20.3. The standard InChI is InChI=1S/C14H29N3OS.HI/c1-4-15-13(16-9-5-6-11-19-3)17-12-14(2)8-7-10-18-14;/h4-12H2,1-3H3,(H2,15,16,17);1H. The van der Waals surface area contributed by atoms with Crippen molar-refractivity contribution in [3.8, 4) is 0 Å². The Kier molecular flexibility index (Phi) is 12.1. The third kappa shape index (κ3) is 8.56. The Labute approximate surface area is 145 Å². The largest absolute Gasteiger partial charge is 0.373 e. The first-order valence-electron chi connectivity index (χ1n) is 7.35. The van der Waals surface area contributed by atoms with Gasteiger partial charge in [0.05, 0.1) is 12.1 Å². The number of aliphatic imine (C=N–C) groups is 1. The molecule has 6 heteroatoms. The molecule has 120 valence electrons. The number of hydrogen-bond acceptors (Lipinski definition) is 3. The van der Waals surface area contributed by atoms with E-state index in [4.69, 9.17) is 4.74 Å². The van der Waals surface area contributed by atoms with Crippen molar-refractivity contribution in [3.63, 3.8) is 0 Å². The molecule has 0 aliphatic carbocycles. The summed E-state index contributed by atoms with van der Waals surface area (Å²) in [5.41, 5.74) is -0.0544. The summed E-state index contributed by atoms with van der Waals surface area (Å²) in [6.45, 7) is 7.76. The van der Waals surface area contributed by atoms with E-state index in [1.54, 1.807) is 0 Å². The van der Waals surface area contributed by atoms with Gasteiger partial charge in [-0.3, -0.25) is 4.99 Å². The molecule has 1 fully saturated rings. The molecule has 1 rings (SSSR count). The van der Waals surface area contributed by atoms with Crippen molar-refractivity contribution in [1.29, 1.82) is 0 Å². The minimum Gasteiger partial charge on any atom is -0.373 e. The molecule has 0 bridgehead atoms. The Morgan fingerprint density at radius 1 is 1.35 bits per heavy atom. The minimum atomic E-state index is -0.0544. The van der Waals surface area contributed by atoms with Crippen LogP contribution in [0.1, 0.15) is 39.5 Å². The second kappa shape index (κ2) is 11.9. The third-order valence-electron chi connectivity index (χ3n) is 3.28. The van der Waals surface area contributed by atoms with E-state index in [1.807, 2.05) is 11.8 Å². The predicted molar refractivity (Wildman–Crippen MR) is 101 cm³/mol. The average molecular weight is 415 g/mol. The van der Waals surface area contributed by atoms with E-state index >= 15 is 0 Å². The van der Waals surface area contributed by atoms with Crippen molar-refractivity contribution < 1.29 is 4.74 Å². The number of ether oxygens (including phenoxy) is 1. The van der Waals surface area contributed by atoms with Gasteiger partial charge in [0.1, 0.15) is 0 Å². The van der Waals surface area contributed by atoms with Crippen LogP contribution in [0.15, 0.2) is 4.99 Å². The molecule has 4 nitrogen and oxygen atoms in total. The number of rotatable bonds is 8. The van der Waals surface area contributed by atoms with Crippen molar-refractivity contribution in [2.45, 2.75) is 45.1 Å². The molecule has 1 aliphatic rings. The molecule has 0 saturated carbocycles. The summed E-state index contributed by atoms with van der Waals surface area (Å²) in [6, 6.07) is 0. The molecule has 0 aromatic heterocycles. The van der Waals surface area contributed by atoms with Crippen LogP contribution in [0.3, 0.4) is 0 Å². The summed E-state index contributed by atoms with van der Waals surface area (Å²) in [4.78, 5) is 4.65. The molecule has 1 heterocycles. The fourth-order valence-corrected chi connectivity index (χ4v) is 2.62.